The van der Waals surface area contributed by atoms with Gasteiger partial charge in [0.1, 0.15) is 12.3 Å². The van der Waals surface area contributed by atoms with Gasteiger partial charge in [-0.3, -0.25) is 9.59 Å². The first kappa shape index (κ1) is 17.1. The Bertz CT molecular complexity index is 748. The molecule has 5 heteroatoms. The Labute approximate surface area is 135 Å². The van der Waals surface area contributed by atoms with Crippen molar-refractivity contribution in [2.45, 2.75) is 52.9 Å². The minimum absolute atomic E-state index is 0.0724. The van der Waals surface area contributed by atoms with E-state index < -0.39 is 5.97 Å². The topological polar surface area (TPSA) is 57.5 Å². The zero-order valence-corrected chi connectivity index (χ0v) is 14.0. The Hall–Kier alpha value is -2.30. The highest BCUT2D eigenvalue weighted by Gasteiger charge is 2.11. The van der Waals surface area contributed by atoms with E-state index in [9.17, 15) is 9.59 Å². The number of pyridine rings is 1. The van der Waals surface area contributed by atoms with Gasteiger partial charge in [0.25, 0.3) is 5.56 Å². The van der Waals surface area contributed by atoms with Crippen LogP contribution in [0.2, 0.25) is 0 Å². The smallest absolute Gasteiger partial charge is 0.326 e. The molecular formula is C18H23NO4. The number of hydrogen-bond acceptors (Lipinski definition) is 4. The fraction of sp³-hybridized carbons (Fsp3) is 0.444. The van der Waals surface area contributed by atoms with Gasteiger partial charge in [-0.2, -0.15) is 0 Å². The summed E-state index contributed by atoms with van der Waals surface area (Å²) in [4.78, 5) is 24.3. The number of ether oxygens (including phenoxy) is 2. The number of nitrogens with zero attached hydrogens (tertiary/aromatic N) is 1. The molecule has 0 aliphatic rings. The summed E-state index contributed by atoms with van der Waals surface area (Å²) in [5.74, 6) is 0.321. The molecule has 0 radical (unpaired) electrons. The van der Waals surface area contributed by atoms with E-state index in [1.54, 1.807) is 24.4 Å². The summed E-state index contributed by atoms with van der Waals surface area (Å²) in [5.41, 5.74) is -0.209. The lowest BCUT2D eigenvalue weighted by atomic mass is 10.1. The lowest BCUT2D eigenvalue weighted by molar-refractivity contribution is -0.149. The molecule has 1 heterocycles. The SMILES string of the molecule is CCC(C)OC(=O)Cn1ccc2cc(OC(C)C)ccc2c1=O. The number of fused-ring (bicyclic) bond motifs is 1. The van der Waals surface area contributed by atoms with Crippen LogP contribution in [0, 0.1) is 0 Å². The summed E-state index contributed by atoms with van der Waals surface area (Å²) in [5, 5.41) is 1.35. The molecular weight excluding hydrogens is 294 g/mol. The molecule has 0 bridgehead atoms. The largest absolute Gasteiger partial charge is 0.491 e. The molecule has 0 aliphatic carbocycles. The summed E-state index contributed by atoms with van der Waals surface area (Å²) in [6, 6.07) is 7.14. The Balaban J connectivity index is 2.25. The average molecular weight is 317 g/mol. The second-order valence-corrected chi connectivity index (χ2v) is 5.87. The van der Waals surface area contributed by atoms with E-state index in [0.29, 0.717) is 5.39 Å². The lowest BCUT2D eigenvalue weighted by Gasteiger charge is -2.13. The standard InChI is InChI=1S/C18H23NO4/c1-5-13(4)23-17(20)11-19-9-8-14-10-15(22-12(2)3)6-7-16(14)18(19)21/h6-10,12-13H,5,11H2,1-4H3. The Kier molecular flexibility index (Phi) is 5.42. The van der Waals surface area contributed by atoms with Crippen molar-refractivity contribution in [3.05, 3.63) is 40.8 Å². The predicted octanol–water partition coefficient (Wildman–Crippen LogP) is 3.13. The minimum Gasteiger partial charge on any atom is -0.491 e. The molecule has 1 aromatic heterocycles. The van der Waals surface area contributed by atoms with E-state index >= 15 is 0 Å². The van der Waals surface area contributed by atoms with Crippen molar-refractivity contribution in [1.82, 2.24) is 4.57 Å². The third-order valence-electron chi connectivity index (χ3n) is 3.53. The van der Waals surface area contributed by atoms with Crippen molar-refractivity contribution < 1.29 is 14.3 Å². The maximum Gasteiger partial charge on any atom is 0.326 e. The van der Waals surface area contributed by atoms with E-state index in [4.69, 9.17) is 9.47 Å². The molecule has 0 amide bonds. The summed E-state index contributed by atoms with van der Waals surface area (Å²) >= 11 is 0. The molecule has 0 saturated heterocycles. The van der Waals surface area contributed by atoms with Gasteiger partial charge in [-0.25, -0.2) is 0 Å². The van der Waals surface area contributed by atoms with Crippen molar-refractivity contribution in [2.75, 3.05) is 0 Å². The van der Waals surface area contributed by atoms with Crippen LogP contribution < -0.4 is 10.3 Å². The van der Waals surface area contributed by atoms with Crippen LogP contribution in [-0.4, -0.2) is 22.7 Å². The number of rotatable bonds is 6. The van der Waals surface area contributed by atoms with Gasteiger partial charge in [-0.05, 0) is 56.8 Å². The van der Waals surface area contributed by atoms with Crippen molar-refractivity contribution in [1.29, 1.82) is 0 Å². The van der Waals surface area contributed by atoms with Gasteiger partial charge in [0, 0.05) is 11.6 Å². The molecule has 0 saturated carbocycles. The third-order valence-corrected chi connectivity index (χ3v) is 3.53. The third kappa shape index (κ3) is 4.34. The van der Waals surface area contributed by atoms with E-state index in [1.807, 2.05) is 33.8 Å². The maximum atomic E-state index is 12.5. The zero-order valence-electron chi connectivity index (χ0n) is 14.0. The number of carbonyl (C=O) groups is 1. The van der Waals surface area contributed by atoms with E-state index in [-0.39, 0.29) is 24.3 Å². The van der Waals surface area contributed by atoms with Crippen LogP contribution in [0.4, 0.5) is 0 Å². The summed E-state index contributed by atoms with van der Waals surface area (Å²) in [6.07, 6.45) is 2.29. The van der Waals surface area contributed by atoms with Gasteiger partial charge < -0.3 is 14.0 Å². The van der Waals surface area contributed by atoms with Crippen molar-refractivity contribution in [2.24, 2.45) is 0 Å². The summed E-state index contributed by atoms with van der Waals surface area (Å²) in [6.45, 7) is 7.59. The van der Waals surface area contributed by atoms with Crippen LogP contribution in [0.15, 0.2) is 35.3 Å². The van der Waals surface area contributed by atoms with Gasteiger partial charge in [-0.1, -0.05) is 6.92 Å². The molecule has 1 aromatic carbocycles. The van der Waals surface area contributed by atoms with Gasteiger partial charge in [-0.15, -0.1) is 0 Å². The van der Waals surface area contributed by atoms with Crippen LogP contribution in [-0.2, 0) is 16.1 Å². The fourth-order valence-electron chi connectivity index (χ4n) is 2.22. The maximum absolute atomic E-state index is 12.5. The number of hydrogen-bond donors (Lipinski definition) is 0. The molecule has 5 nitrogen and oxygen atoms in total. The molecule has 1 atom stereocenters. The monoisotopic (exact) mass is 317 g/mol. The van der Waals surface area contributed by atoms with Crippen LogP contribution >= 0.6 is 0 Å². The fourth-order valence-corrected chi connectivity index (χ4v) is 2.22. The number of carbonyl (C=O) groups excluding carboxylic acids is 1. The molecule has 0 aliphatic heterocycles. The Morgan fingerprint density at radius 1 is 1.22 bits per heavy atom. The highest BCUT2D eigenvalue weighted by molar-refractivity contribution is 5.83. The van der Waals surface area contributed by atoms with Crippen molar-refractivity contribution in [3.63, 3.8) is 0 Å². The molecule has 0 spiro atoms. The number of aromatic nitrogens is 1. The Morgan fingerprint density at radius 2 is 1.96 bits per heavy atom. The van der Waals surface area contributed by atoms with Crippen LogP contribution in [0.5, 0.6) is 5.75 Å². The molecule has 23 heavy (non-hydrogen) atoms. The predicted molar refractivity (Wildman–Crippen MR) is 89.8 cm³/mol. The van der Waals surface area contributed by atoms with Gasteiger partial charge in [0.15, 0.2) is 0 Å². The van der Waals surface area contributed by atoms with Crippen molar-refractivity contribution >= 4 is 16.7 Å². The molecule has 1 unspecified atom stereocenters. The van der Waals surface area contributed by atoms with E-state index in [2.05, 4.69) is 0 Å². The number of esters is 1. The first-order chi connectivity index (χ1) is 10.9. The normalized spacial score (nSPS) is 12.4. The second-order valence-electron chi connectivity index (χ2n) is 5.87. The second kappa shape index (κ2) is 7.31. The highest BCUT2D eigenvalue weighted by Crippen LogP contribution is 2.19. The van der Waals surface area contributed by atoms with Gasteiger partial charge in [0.2, 0.25) is 0 Å². The first-order valence-electron chi connectivity index (χ1n) is 7.90. The molecule has 2 aromatic rings. The van der Waals surface area contributed by atoms with Crippen LogP contribution in [0.1, 0.15) is 34.1 Å². The Morgan fingerprint density at radius 3 is 2.61 bits per heavy atom. The summed E-state index contributed by atoms with van der Waals surface area (Å²) in [7, 11) is 0. The van der Waals surface area contributed by atoms with Gasteiger partial charge in [0.05, 0.1) is 12.2 Å². The molecule has 124 valence electrons. The van der Waals surface area contributed by atoms with E-state index in [1.165, 1.54) is 4.57 Å². The van der Waals surface area contributed by atoms with E-state index in [0.717, 1.165) is 17.6 Å². The molecule has 2 rings (SSSR count). The quantitative estimate of drug-likeness (QED) is 0.768. The average Bonchev–Trinajstić information content (AvgIpc) is 2.49. The van der Waals surface area contributed by atoms with Gasteiger partial charge >= 0.3 is 5.97 Å². The van der Waals surface area contributed by atoms with Crippen molar-refractivity contribution in [3.8, 4) is 5.75 Å². The lowest BCUT2D eigenvalue weighted by Crippen LogP contribution is -2.26. The number of benzene rings is 1. The first-order valence-corrected chi connectivity index (χ1v) is 7.90. The molecule has 0 fully saturated rings. The minimum atomic E-state index is -0.402. The van der Waals surface area contributed by atoms with Crippen LogP contribution in [0.3, 0.4) is 0 Å². The van der Waals surface area contributed by atoms with Crippen LogP contribution in [0.25, 0.3) is 10.8 Å². The molecule has 0 N–H and O–H groups in total. The zero-order chi connectivity index (χ0) is 17.0. The summed E-state index contributed by atoms with van der Waals surface area (Å²) < 4.78 is 12.2. The highest BCUT2D eigenvalue weighted by atomic mass is 16.5.